The second-order valence-electron chi connectivity index (χ2n) is 7.06. The van der Waals surface area contributed by atoms with Crippen molar-refractivity contribution in [2.75, 3.05) is 54.6 Å². The molecular formula is C21H31N5O3S. The van der Waals surface area contributed by atoms with Crippen LogP contribution in [0.25, 0.3) is 0 Å². The number of nitrogens with one attached hydrogen (secondary N) is 1. The molecule has 0 spiro atoms. The molecule has 1 aromatic carbocycles. The van der Waals surface area contributed by atoms with E-state index < -0.39 is 0 Å². The van der Waals surface area contributed by atoms with Crippen LogP contribution in [0.15, 0.2) is 23.3 Å². The van der Waals surface area contributed by atoms with Crippen molar-refractivity contribution < 1.29 is 14.2 Å². The van der Waals surface area contributed by atoms with Crippen LogP contribution in [0.5, 0.6) is 17.2 Å². The van der Waals surface area contributed by atoms with E-state index in [-0.39, 0.29) is 0 Å². The largest absolute Gasteiger partial charge is 0.493 e. The summed E-state index contributed by atoms with van der Waals surface area (Å²) >= 11 is 1.71. The topological polar surface area (TPSA) is 71.5 Å². The molecule has 0 aliphatic carbocycles. The van der Waals surface area contributed by atoms with Gasteiger partial charge in [-0.25, -0.2) is 4.98 Å². The number of rotatable bonds is 7. The van der Waals surface area contributed by atoms with Crippen LogP contribution in [-0.4, -0.2) is 75.3 Å². The molecule has 2 heterocycles. The fourth-order valence-electron chi connectivity index (χ4n) is 3.57. The first-order chi connectivity index (χ1) is 14.6. The Balaban J connectivity index is 1.56. The molecule has 0 bridgehead atoms. The van der Waals surface area contributed by atoms with Crippen LogP contribution in [0, 0.1) is 6.92 Å². The number of benzene rings is 1. The smallest absolute Gasteiger partial charge is 0.203 e. The molecule has 0 radical (unpaired) electrons. The van der Waals surface area contributed by atoms with Gasteiger partial charge in [0.1, 0.15) is 5.01 Å². The Hall–Kier alpha value is -2.52. The highest BCUT2D eigenvalue weighted by Gasteiger charge is 2.21. The van der Waals surface area contributed by atoms with Crippen LogP contribution < -0.4 is 19.5 Å². The minimum atomic E-state index is 0.624. The van der Waals surface area contributed by atoms with Crippen LogP contribution in [0.3, 0.4) is 0 Å². The number of nitrogens with zero attached hydrogens (tertiary/aromatic N) is 4. The van der Waals surface area contributed by atoms with Crippen molar-refractivity contribution in [3.05, 3.63) is 33.8 Å². The number of hydrogen-bond acceptors (Lipinski definition) is 7. The molecule has 1 aromatic heterocycles. The summed E-state index contributed by atoms with van der Waals surface area (Å²) in [6.45, 7) is 7.35. The fourth-order valence-corrected chi connectivity index (χ4v) is 4.30. The van der Waals surface area contributed by atoms with Gasteiger partial charge in [-0.3, -0.25) is 9.89 Å². The first-order valence-electron chi connectivity index (χ1n) is 9.96. The normalized spacial score (nSPS) is 15.2. The molecule has 0 unspecified atom stereocenters. The van der Waals surface area contributed by atoms with E-state index in [9.17, 15) is 0 Å². The third kappa shape index (κ3) is 5.34. The predicted molar refractivity (Wildman–Crippen MR) is 120 cm³/mol. The zero-order valence-electron chi connectivity index (χ0n) is 18.4. The average Bonchev–Trinajstić information content (AvgIpc) is 3.19. The van der Waals surface area contributed by atoms with Gasteiger partial charge in [0.15, 0.2) is 17.5 Å². The van der Waals surface area contributed by atoms with Gasteiger partial charge in [-0.2, -0.15) is 0 Å². The number of aromatic nitrogens is 1. The summed E-state index contributed by atoms with van der Waals surface area (Å²) in [5, 5.41) is 4.51. The van der Waals surface area contributed by atoms with Gasteiger partial charge in [0.25, 0.3) is 0 Å². The van der Waals surface area contributed by atoms with Gasteiger partial charge in [0.05, 0.1) is 27.9 Å². The number of hydrogen-bond donors (Lipinski definition) is 1. The maximum absolute atomic E-state index is 5.48. The highest BCUT2D eigenvalue weighted by atomic mass is 32.1. The minimum absolute atomic E-state index is 0.624. The van der Waals surface area contributed by atoms with Crippen LogP contribution >= 0.6 is 11.3 Å². The molecule has 0 saturated carbocycles. The van der Waals surface area contributed by atoms with Crippen molar-refractivity contribution in [3.63, 3.8) is 0 Å². The van der Waals surface area contributed by atoms with E-state index in [1.165, 1.54) is 4.88 Å². The number of ether oxygens (including phenoxy) is 3. The molecule has 8 nitrogen and oxygen atoms in total. The summed E-state index contributed by atoms with van der Waals surface area (Å²) in [5.41, 5.74) is 1.14. The van der Waals surface area contributed by atoms with Crippen LogP contribution in [0.1, 0.15) is 15.4 Å². The number of guanidine groups is 1. The number of aryl methyl sites for hydroxylation is 1. The van der Waals surface area contributed by atoms with Crippen LogP contribution in [-0.2, 0) is 13.1 Å². The third-order valence-corrected chi connectivity index (χ3v) is 5.99. The zero-order valence-corrected chi connectivity index (χ0v) is 19.2. The third-order valence-electron chi connectivity index (χ3n) is 5.08. The van der Waals surface area contributed by atoms with E-state index in [2.05, 4.69) is 32.0 Å². The van der Waals surface area contributed by atoms with Gasteiger partial charge in [-0.15, -0.1) is 11.3 Å². The lowest BCUT2D eigenvalue weighted by molar-refractivity contribution is 0.172. The quantitative estimate of drug-likeness (QED) is 0.531. The summed E-state index contributed by atoms with van der Waals surface area (Å²) in [6.07, 6.45) is 1.91. The van der Waals surface area contributed by atoms with Crippen molar-refractivity contribution in [1.29, 1.82) is 0 Å². The van der Waals surface area contributed by atoms with Crippen molar-refractivity contribution in [1.82, 2.24) is 20.1 Å². The van der Waals surface area contributed by atoms with Gasteiger partial charge >= 0.3 is 0 Å². The molecular weight excluding hydrogens is 402 g/mol. The second-order valence-corrected chi connectivity index (χ2v) is 8.38. The number of piperazine rings is 1. The van der Waals surface area contributed by atoms with E-state index in [1.807, 2.05) is 25.4 Å². The molecule has 1 saturated heterocycles. The van der Waals surface area contributed by atoms with Gasteiger partial charge in [0.2, 0.25) is 5.75 Å². The van der Waals surface area contributed by atoms with Crippen LogP contribution in [0.4, 0.5) is 0 Å². The monoisotopic (exact) mass is 433 g/mol. The summed E-state index contributed by atoms with van der Waals surface area (Å²) in [7, 11) is 6.74. The Morgan fingerprint density at radius 3 is 2.27 bits per heavy atom. The van der Waals surface area contributed by atoms with Crippen LogP contribution in [0.2, 0.25) is 0 Å². The second kappa shape index (κ2) is 10.5. The lowest BCUT2D eigenvalue weighted by atomic mass is 10.1. The molecule has 1 fully saturated rings. The first kappa shape index (κ1) is 22.2. The Morgan fingerprint density at radius 2 is 1.77 bits per heavy atom. The number of methoxy groups -OCH3 is 3. The molecule has 1 aliphatic rings. The lowest BCUT2D eigenvalue weighted by Crippen LogP contribution is -2.52. The molecule has 1 N–H and O–H groups in total. The zero-order chi connectivity index (χ0) is 21.5. The standard InChI is InChI=1S/C21H31N5O3S/c1-15-12-23-19(30-15)13-24-21(22-2)26-8-6-25(7-9-26)14-16-10-17(27-3)20(29-5)18(11-16)28-4/h10-12H,6-9,13-14H2,1-5H3,(H,22,24). The average molecular weight is 434 g/mol. The van der Waals surface area contributed by atoms with Crippen molar-refractivity contribution >= 4 is 17.3 Å². The summed E-state index contributed by atoms with van der Waals surface area (Å²) in [4.78, 5) is 14.8. The van der Waals surface area contributed by atoms with Gasteiger partial charge < -0.3 is 24.4 Å². The molecule has 30 heavy (non-hydrogen) atoms. The predicted octanol–water partition coefficient (Wildman–Crippen LogP) is 2.37. The van der Waals surface area contributed by atoms with E-state index >= 15 is 0 Å². The number of thiazole rings is 1. The van der Waals surface area contributed by atoms with Crippen molar-refractivity contribution in [2.24, 2.45) is 4.99 Å². The van der Waals surface area contributed by atoms with Gasteiger partial charge in [-0.05, 0) is 24.6 Å². The highest BCUT2D eigenvalue weighted by Crippen LogP contribution is 2.38. The molecule has 2 aromatic rings. The van der Waals surface area contributed by atoms with E-state index in [0.29, 0.717) is 23.8 Å². The Kier molecular flexibility index (Phi) is 7.75. The lowest BCUT2D eigenvalue weighted by Gasteiger charge is -2.36. The summed E-state index contributed by atoms with van der Waals surface area (Å²) < 4.78 is 16.4. The molecule has 1 aliphatic heterocycles. The van der Waals surface area contributed by atoms with Gasteiger partial charge in [0, 0.05) is 50.8 Å². The maximum atomic E-state index is 5.48. The Bertz CT molecular complexity index is 837. The van der Waals surface area contributed by atoms with Crippen molar-refractivity contribution in [3.8, 4) is 17.2 Å². The SMILES string of the molecule is CN=C(NCc1ncc(C)s1)N1CCN(Cc2cc(OC)c(OC)c(OC)c2)CC1. The molecule has 0 atom stereocenters. The fraction of sp³-hybridized carbons (Fsp3) is 0.524. The highest BCUT2D eigenvalue weighted by molar-refractivity contribution is 7.11. The van der Waals surface area contributed by atoms with Gasteiger partial charge in [-0.1, -0.05) is 0 Å². The summed E-state index contributed by atoms with van der Waals surface area (Å²) in [6, 6.07) is 4.04. The molecule has 0 amide bonds. The Labute approximate surface area is 182 Å². The van der Waals surface area contributed by atoms with E-state index in [4.69, 9.17) is 14.2 Å². The molecule has 9 heteroatoms. The maximum Gasteiger partial charge on any atom is 0.203 e. The number of aliphatic imine (C=N–C) groups is 1. The minimum Gasteiger partial charge on any atom is -0.493 e. The van der Waals surface area contributed by atoms with E-state index in [1.54, 1.807) is 32.7 Å². The first-order valence-corrected chi connectivity index (χ1v) is 10.8. The Morgan fingerprint density at radius 1 is 1.10 bits per heavy atom. The molecule has 164 valence electrons. The van der Waals surface area contributed by atoms with Crippen molar-refractivity contribution in [2.45, 2.75) is 20.0 Å². The summed E-state index contributed by atoms with van der Waals surface area (Å²) in [5.74, 6) is 2.93. The van der Waals surface area contributed by atoms with E-state index in [0.717, 1.165) is 49.3 Å². The molecule has 3 rings (SSSR count).